The molecule has 1 heterocycles. The first-order valence-corrected chi connectivity index (χ1v) is 10.7. The van der Waals surface area contributed by atoms with Gasteiger partial charge < -0.3 is 4.74 Å². The van der Waals surface area contributed by atoms with Gasteiger partial charge in [-0.15, -0.1) is 6.42 Å². The van der Waals surface area contributed by atoms with Crippen molar-refractivity contribution in [3.05, 3.63) is 71.1 Å². The lowest BCUT2D eigenvalue weighted by Gasteiger charge is -2.10. The van der Waals surface area contributed by atoms with Crippen LogP contribution in [0.3, 0.4) is 0 Å². The number of hydrogen-bond donors (Lipinski definition) is 0. The summed E-state index contributed by atoms with van der Waals surface area (Å²) in [6.07, 6.45) is 7.85. The maximum Gasteiger partial charge on any atom is 0.312 e. The summed E-state index contributed by atoms with van der Waals surface area (Å²) >= 11 is 6.62. The zero-order chi connectivity index (χ0) is 22.5. The largest absolute Gasteiger partial charge is 0.473 e. The molecule has 0 aliphatic heterocycles. The van der Waals surface area contributed by atoms with E-state index in [1.165, 1.54) is 17.0 Å². The number of nitro benzene ring substituents is 1. The zero-order valence-corrected chi connectivity index (χ0v) is 19.5. The van der Waals surface area contributed by atoms with Crippen molar-refractivity contribution >= 4 is 54.7 Å². The molecule has 0 N–H and O–H groups in total. The van der Waals surface area contributed by atoms with Gasteiger partial charge in [0.2, 0.25) is 5.75 Å². The molecule has 3 rings (SSSR count). The van der Waals surface area contributed by atoms with Crippen molar-refractivity contribution in [3.63, 3.8) is 0 Å². The van der Waals surface area contributed by atoms with Crippen LogP contribution in [0.4, 0.5) is 5.69 Å². The minimum absolute atomic E-state index is 0.0310. The molecule has 3 aromatic rings. The summed E-state index contributed by atoms with van der Waals surface area (Å²) in [6, 6.07) is 8.16. The normalized spacial score (nSPS) is 11.0. The molecule has 0 unspecified atom stereocenters. The number of rotatable bonds is 7. The molecule has 0 amide bonds. The number of nitrogens with zero attached hydrogens (tertiary/aromatic N) is 4. The molecule has 0 saturated heterocycles. The van der Waals surface area contributed by atoms with Crippen molar-refractivity contribution in [2.24, 2.45) is 5.10 Å². The molecule has 0 bridgehead atoms. The van der Waals surface area contributed by atoms with Crippen molar-refractivity contribution in [1.29, 1.82) is 0 Å². The van der Waals surface area contributed by atoms with E-state index in [0.29, 0.717) is 33.2 Å². The maximum atomic E-state index is 13.1. The molecule has 10 heteroatoms. The van der Waals surface area contributed by atoms with E-state index in [4.69, 9.17) is 11.2 Å². The van der Waals surface area contributed by atoms with Crippen LogP contribution < -0.4 is 10.3 Å². The number of halogens is 2. The van der Waals surface area contributed by atoms with Gasteiger partial charge >= 0.3 is 5.69 Å². The minimum atomic E-state index is -0.572. The quantitative estimate of drug-likeness (QED) is 0.185. The molecular weight excluding hydrogens is 532 g/mol. The number of aromatic nitrogens is 2. The smallest absolute Gasteiger partial charge is 0.312 e. The van der Waals surface area contributed by atoms with E-state index in [-0.39, 0.29) is 23.6 Å². The molecule has 0 aliphatic rings. The van der Waals surface area contributed by atoms with Gasteiger partial charge in [-0.1, -0.05) is 44.7 Å². The number of ether oxygens (including phenoxy) is 1. The molecule has 8 nitrogen and oxygen atoms in total. The van der Waals surface area contributed by atoms with E-state index >= 15 is 0 Å². The highest BCUT2D eigenvalue weighted by atomic mass is 79.9. The van der Waals surface area contributed by atoms with Crippen LogP contribution in [0.5, 0.6) is 5.75 Å². The van der Waals surface area contributed by atoms with Gasteiger partial charge in [0.05, 0.1) is 22.0 Å². The molecule has 0 aliphatic carbocycles. The average Bonchev–Trinajstić information content (AvgIpc) is 2.73. The molecule has 0 radical (unpaired) electrons. The summed E-state index contributed by atoms with van der Waals surface area (Å²) in [5.41, 5.74) is 0.244. The Labute approximate surface area is 194 Å². The van der Waals surface area contributed by atoms with Crippen LogP contribution in [0, 0.1) is 22.5 Å². The number of hydrogen-bond acceptors (Lipinski definition) is 6. The molecule has 0 atom stereocenters. The summed E-state index contributed by atoms with van der Waals surface area (Å²) in [5.74, 6) is 2.74. The fourth-order valence-corrected chi connectivity index (χ4v) is 3.75. The summed E-state index contributed by atoms with van der Waals surface area (Å²) in [5, 5.41) is 16.2. The Hall–Kier alpha value is -3.03. The molecular formula is C21H16Br2N4O4. The lowest BCUT2D eigenvalue weighted by atomic mass is 10.2. The Morgan fingerprint density at radius 3 is 2.77 bits per heavy atom. The van der Waals surface area contributed by atoms with Gasteiger partial charge in [0, 0.05) is 27.0 Å². The molecule has 0 saturated carbocycles. The summed E-state index contributed by atoms with van der Waals surface area (Å²) in [7, 11) is 0. The fourth-order valence-electron chi connectivity index (χ4n) is 2.92. The second-order valence-electron chi connectivity index (χ2n) is 6.39. The summed E-state index contributed by atoms with van der Waals surface area (Å²) < 4.78 is 7.82. The predicted molar refractivity (Wildman–Crippen MR) is 126 cm³/mol. The third-order valence-corrected chi connectivity index (χ3v) is 5.17. The van der Waals surface area contributed by atoms with E-state index in [1.807, 2.05) is 13.0 Å². The van der Waals surface area contributed by atoms with Gasteiger partial charge in [-0.25, -0.2) is 4.98 Å². The number of aryl methyl sites for hydroxylation is 1. The van der Waals surface area contributed by atoms with E-state index in [9.17, 15) is 14.9 Å². The van der Waals surface area contributed by atoms with Crippen LogP contribution in [-0.4, -0.2) is 27.4 Å². The standard InChI is InChI=1S/C21H16Br2N4O4/c1-3-5-19-25-17-7-6-14(22)10-16(17)21(28)26(19)24-12-13-9-15(23)11-18(27(29)30)20(13)31-8-4-2/h2,6-7,9-12H,3,5,8H2,1H3. The highest BCUT2D eigenvalue weighted by Gasteiger charge is 2.20. The fraction of sp³-hybridized carbons (Fsp3) is 0.190. The molecule has 1 aromatic heterocycles. The van der Waals surface area contributed by atoms with E-state index in [2.05, 4.69) is 47.9 Å². The van der Waals surface area contributed by atoms with Gasteiger partial charge in [0.25, 0.3) is 5.56 Å². The Kier molecular flexibility index (Phi) is 7.20. The van der Waals surface area contributed by atoms with E-state index in [0.717, 1.165) is 10.9 Å². The van der Waals surface area contributed by atoms with Gasteiger partial charge in [-0.2, -0.15) is 9.78 Å². The lowest BCUT2D eigenvalue weighted by Crippen LogP contribution is -2.22. The summed E-state index contributed by atoms with van der Waals surface area (Å²) in [4.78, 5) is 28.6. The van der Waals surface area contributed by atoms with Crippen LogP contribution in [0.1, 0.15) is 24.7 Å². The molecule has 31 heavy (non-hydrogen) atoms. The van der Waals surface area contributed by atoms with Crippen LogP contribution in [0.2, 0.25) is 0 Å². The molecule has 0 fully saturated rings. The number of benzene rings is 2. The molecule has 0 spiro atoms. The third-order valence-electron chi connectivity index (χ3n) is 4.22. The zero-order valence-electron chi connectivity index (χ0n) is 16.3. The number of terminal acetylenes is 1. The Balaban J connectivity index is 2.20. The first kappa shape index (κ1) is 22.7. The van der Waals surface area contributed by atoms with Crippen molar-refractivity contribution in [2.45, 2.75) is 19.8 Å². The van der Waals surface area contributed by atoms with Gasteiger partial charge in [-0.3, -0.25) is 14.9 Å². The monoisotopic (exact) mass is 546 g/mol. The lowest BCUT2D eigenvalue weighted by molar-refractivity contribution is -0.385. The highest BCUT2D eigenvalue weighted by molar-refractivity contribution is 9.10. The number of nitro groups is 1. The summed E-state index contributed by atoms with van der Waals surface area (Å²) in [6.45, 7) is 1.81. The SMILES string of the molecule is C#CCOc1c(C=Nn2c(CCC)nc3ccc(Br)cc3c2=O)cc(Br)cc1[N+](=O)[O-]. The highest BCUT2D eigenvalue weighted by Crippen LogP contribution is 2.34. The van der Waals surface area contributed by atoms with Gasteiger partial charge in [0.1, 0.15) is 12.4 Å². The topological polar surface area (TPSA) is 99.6 Å². The third kappa shape index (κ3) is 5.00. The van der Waals surface area contributed by atoms with Crippen molar-refractivity contribution in [3.8, 4) is 18.1 Å². The maximum absolute atomic E-state index is 13.1. The van der Waals surface area contributed by atoms with Crippen molar-refractivity contribution in [1.82, 2.24) is 9.66 Å². The Bertz CT molecular complexity index is 1300. The average molecular weight is 548 g/mol. The van der Waals surface area contributed by atoms with Crippen LogP contribution in [0.25, 0.3) is 10.9 Å². The van der Waals surface area contributed by atoms with E-state index < -0.39 is 4.92 Å². The first-order chi connectivity index (χ1) is 14.8. The second kappa shape index (κ2) is 9.85. The van der Waals surface area contributed by atoms with Crippen LogP contribution in [0.15, 0.2) is 49.2 Å². The van der Waals surface area contributed by atoms with Crippen molar-refractivity contribution in [2.75, 3.05) is 6.61 Å². The van der Waals surface area contributed by atoms with Crippen LogP contribution >= 0.6 is 31.9 Å². The van der Waals surface area contributed by atoms with Crippen LogP contribution in [-0.2, 0) is 6.42 Å². The first-order valence-electron chi connectivity index (χ1n) is 9.15. The molecule has 2 aromatic carbocycles. The van der Waals surface area contributed by atoms with Gasteiger partial charge in [-0.05, 0) is 30.7 Å². The van der Waals surface area contributed by atoms with Gasteiger partial charge in [0.15, 0.2) is 0 Å². The van der Waals surface area contributed by atoms with E-state index in [1.54, 1.807) is 18.2 Å². The minimum Gasteiger partial charge on any atom is -0.473 e. The number of fused-ring (bicyclic) bond motifs is 1. The Morgan fingerprint density at radius 2 is 2.10 bits per heavy atom. The second-order valence-corrected chi connectivity index (χ2v) is 8.23. The molecule has 158 valence electrons. The predicted octanol–water partition coefficient (Wildman–Crippen LogP) is 4.68. The Morgan fingerprint density at radius 1 is 1.32 bits per heavy atom. The van der Waals surface area contributed by atoms with Crippen molar-refractivity contribution < 1.29 is 9.66 Å².